The van der Waals surface area contributed by atoms with Crippen molar-refractivity contribution in [1.82, 2.24) is 0 Å². The Labute approximate surface area is 99.6 Å². The molecule has 0 aromatic heterocycles. The van der Waals surface area contributed by atoms with E-state index in [9.17, 15) is 0 Å². The van der Waals surface area contributed by atoms with Crippen LogP contribution in [0.4, 0.5) is 0 Å². The largest absolute Gasteiger partial charge is 0.495 e. The molecule has 0 radical (unpaired) electrons. The lowest BCUT2D eigenvalue weighted by Gasteiger charge is -2.16. The maximum Gasteiger partial charge on any atom is 0.486 e. The minimum atomic E-state index is -0.350. The highest BCUT2D eigenvalue weighted by molar-refractivity contribution is 6.50. The lowest BCUT2D eigenvalue weighted by Crippen LogP contribution is -2.27. The summed E-state index contributed by atoms with van der Waals surface area (Å²) in [6.45, 7) is 14.2. The maximum atomic E-state index is 5.58. The van der Waals surface area contributed by atoms with Crippen molar-refractivity contribution in [2.75, 3.05) is 6.61 Å². The van der Waals surface area contributed by atoms with Crippen LogP contribution < -0.4 is 0 Å². The summed E-state index contributed by atoms with van der Waals surface area (Å²) < 4.78 is 16.4. The van der Waals surface area contributed by atoms with Gasteiger partial charge in [0, 0.05) is 12.2 Å². The lowest BCUT2D eigenvalue weighted by molar-refractivity contribution is 0.138. The summed E-state index contributed by atoms with van der Waals surface area (Å²) >= 11 is 0. The highest BCUT2D eigenvalue weighted by Gasteiger charge is 2.17. The Balaban J connectivity index is 4.23. The van der Waals surface area contributed by atoms with Crippen LogP contribution in [0.2, 0.25) is 0 Å². The maximum absolute atomic E-state index is 5.58. The Kier molecular flexibility index (Phi) is 8.03. The minimum Gasteiger partial charge on any atom is -0.495 e. The molecule has 0 bridgehead atoms. The van der Waals surface area contributed by atoms with E-state index in [-0.39, 0.29) is 19.3 Å². The molecule has 3 nitrogen and oxygen atoms in total. The molecule has 0 unspecified atom stereocenters. The molecule has 0 amide bonds. The van der Waals surface area contributed by atoms with E-state index in [4.69, 9.17) is 14.0 Å². The first-order valence-corrected chi connectivity index (χ1v) is 5.76. The van der Waals surface area contributed by atoms with E-state index in [1.165, 1.54) is 0 Å². The van der Waals surface area contributed by atoms with E-state index in [2.05, 4.69) is 6.58 Å². The average Bonchev–Trinajstić information content (AvgIpc) is 2.13. The van der Waals surface area contributed by atoms with Crippen LogP contribution in [-0.4, -0.2) is 25.9 Å². The molecule has 0 rings (SSSR count). The van der Waals surface area contributed by atoms with E-state index in [1.807, 2.05) is 40.6 Å². The van der Waals surface area contributed by atoms with Crippen LogP contribution in [0.25, 0.3) is 0 Å². The van der Waals surface area contributed by atoms with Gasteiger partial charge in [0.2, 0.25) is 0 Å². The highest BCUT2D eigenvalue weighted by Crippen LogP contribution is 2.04. The van der Waals surface area contributed by atoms with Crippen LogP contribution in [0, 0.1) is 0 Å². The summed E-state index contributed by atoms with van der Waals surface area (Å²) in [6.07, 6.45) is 2.02. The molecule has 0 heterocycles. The molecule has 16 heavy (non-hydrogen) atoms. The van der Waals surface area contributed by atoms with Crippen LogP contribution in [-0.2, 0) is 14.0 Å². The van der Waals surface area contributed by atoms with Crippen molar-refractivity contribution < 1.29 is 14.0 Å². The van der Waals surface area contributed by atoms with Gasteiger partial charge in [0.25, 0.3) is 0 Å². The summed E-state index contributed by atoms with van der Waals surface area (Å²) in [5.74, 6) is 2.44. The zero-order chi connectivity index (χ0) is 12.6. The summed E-state index contributed by atoms with van der Waals surface area (Å²) in [6, 6.07) is 0. The van der Waals surface area contributed by atoms with Crippen molar-refractivity contribution in [3.05, 3.63) is 24.4 Å². The van der Waals surface area contributed by atoms with Gasteiger partial charge in [0.15, 0.2) is 0 Å². The predicted octanol–water partition coefficient (Wildman–Crippen LogP) is 2.97. The van der Waals surface area contributed by atoms with Gasteiger partial charge in [-0.3, -0.25) is 0 Å². The number of allylic oxidation sites excluding steroid dienone is 1. The summed E-state index contributed by atoms with van der Waals surface area (Å²) in [4.78, 5) is 0. The van der Waals surface area contributed by atoms with Gasteiger partial charge in [0.05, 0.1) is 6.61 Å². The van der Waals surface area contributed by atoms with E-state index in [0.717, 1.165) is 0 Å². The van der Waals surface area contributed by atoms with Crippen molar-refractivity contribution in [1.29, 1.82) is 0 Å². The van der Waals surface area contributed by atoms with Gasteiger partial charge in [-0.05, 0) is 40.7 Å². The molecular formula is C12H23BO3. The molecule has 0 saturated heterocycles. The fraction of sp³-hybridized carbons (Fsp3) is 0.667. The summed E-state index contributed by atoms with van der Waals surface area (Å²) in [5.41, 5.74) is 0. The topological polar surface area (TPSA) is 27.7 Å². The molecule has 0 aliphatic rings. The number of rotatable bonds is 8. The first-order chi connectivity index (χ1) is 7.45. The van der Waals surface area contributed by atoms with Crippen LogP contribution in [0.1, 0.15) is 34.6 Å². The Bertz CT molecular complexity index is 214. The summed E-state index contributed by atoms with van der Waals surface area (Å²) in [7, 11) is -0.350. The standard InChI is InChI=1S/C12H23BO3/c1-7-14-12(6)8-9-13(15-10(2)3)16-11(4)5/h8-11H,6-7H2,1-5H3/b9-8+. The first-order valence-electron chi connectivity index (χ1n) is 5.76. The SMILES string of the molecule is C=C(/C=C/B(OC(C)C)OC(C)C)OCC. The van der Waals surface area contributed by atoms with Crippen LogP contribution in [0.5, 0.6) is 0 Å². The van der Waals surface area contributed by atoms with E-state index >= 15 is 0 Å². The Hall–Kier alpha value is -0.735. The second kappa shape index (κ2) is 8.42. The fourth-order valence-corrected chi connectivity index (χ4v) is 1.08. The Morgan fingerprint density at radius 1 is 1.19 bits per heavy atom. The molecule has 0 N–H and O–H groups in total. The quantitative estimate of drug-likeness (QED) is 0.361. The molecule has 0 saturated carbocycles. The third kappa shape index (κ3) is 8.56. The third-order valence-corrected chi connectivity index (χ3v) is 1.58. The van der Waals surface area contributed by atoms with Crippen LogP contribution in [0.3, 0.4) is 0 Å². The van der Waals surface area contributed by atoms with E-state index in [0.29, 0.717) is 12.4 Å². The smallest absolute Gasteiger partial charge is 0.486 e. The molecule has 0 aromatic carbocycles. The molecule has 0 aromatic rings. The van der Waals surface area contributed by atoms with E-state index < -0.39 is 0 Å². The fourth-order valence-electron chi connectivity index (χ4n) is 1.08. The summed E-state index contributed by atoms with van der Waals surface area (Å²) in [5, 5.41) is 0. The monoisotopic (exact) mass is 226 g/mol. The molecular weight excluding hydrogens is 203 g/mol. The Morgan fingerprint density at radius 2 is 1.69 bits per heavy atom. The second-order valence-electron chi connectivity index (χ2n) is 4.00. The van der Waals surface area contributed by atoms with Gasteiger partial charge >= 0.3 is 7.12 Å². The minimum absolute atomic E-state index is 0.119. The van der Waals surface area contributed by atoms with Crippen LogP contribution in [0.15, 0.2) is 24.4 Å². The van der Waals surface area contributed by atoms with Gasteiger partial charge in [0.1, 0.15) is 5.76 Å². The zero-order valence-electron chi connectivity index (χ0n) is 11.0. The van der Waals surface area contributed by atoms with Crippen molar-refractivity contribution in [3.63, 3.8) is 0 Å². The Morgan fingerprint density at radius 3 is 2.06 bits per heavy atom. The molecule has 0 atom stereocenters. The molecule has 0 aliphatic carbocycles. The first kappa shape index (κ1) is 15.3. The predicted molar refractivity (Wildman–Crippen MR) is 68.1 cm³/mol. The number of ether oxygens (including phenoxy) is 1. The highest BCUT2D eigenvalue weighted by atomic mass is 16.6. The van der Waals surface area contributed by atoms with Crippen molar-refractivity contribution in [2.45, 2.75) is 46.8 Å². The number of hydrogen-bond acceptors (Lipinski definition) is 3. The average molecular weight is 226 g/mol. The van der Waals surface area contributed by atoms with Gasteiger partial charge in [-0.1, -0.05) is 12.6 Å². The van der Waals surface area contributed by atoms with Crippen LogP contribution >= 0.6 is 0 Å². The molecule has 4 heteroatoms. The molecule has 0 aliphatic heterocycles. The van der Waals surface area contributed by atoms with Crippen molar-refractivity contribution in [3.8, 4) is 0 Å². The van der Waals surface area contributed by atoms with Gasteiger partial charge < -0.3 is 14.0 Å². The van der Waals surface area contributed by atoms with Crippen molar-refractivity contribution in [2.24, 2.45) is 0 Å². The molecule has 0 fully saturated rings. The molecule has 0 spiro atoms. The van der Waals surface area contributed by atoms with Gasteiger partial charge in [-0.25, -0.2) is 0 Å². The third-order valence-electron chi connectivity index (χ3n) is 1.58. The zero-order valence-corrected chi connectivity index (χ0v) is 11.0. The van der Waals surface area contributed by atoms with Gasteiger partial charge in [-0.2, -0.15) is 0 Å². The normalized spacial score (nSPS) is 11.4. The molecule has 92 valence electrons. The van der Waals surface area contributed by atoms with E-state index in [1.54, 1.807) is 6.08 Å². The lowest BCUT2D eigenvalue weighted by atomic mass is 9.88. The van der Waals surface area contributed by atoms with Gasteiger partial charge in [-0.15, -0.1) is 0 Å². The second-order valence-corrected chi connectivity index (χ2v) is 4.00. The number of hydrogen-bond donors (Lipinski definition) is 0. The van der Waals surface area contributed by atoms with Crippen molar-refractivity contribution >= 4 is 7.12 Å².